The second kappa shape index (κ2) is 6.51. The lowest BCUT2D eigenvalue weighted by Crippen LogP contribution is -2.34. The maximum absolute atomic E-state index is 12.8. The molecule has 0 bridgehead atoms. The number of benzene rings is 2. The van der Waals surface area contributed by atoms with E-state index in [0.717, 1.165) is 11.1 Å². The quantitative estimate of drug-likeness (QED) is 0.662. The van der Waals surface area contributed by atoms with Crippen LogP contribution in [0.2, 0.25) is 0 Å². The maximum Gasteiger partial charge on any atom is 0.259 e. The van der Waals surface area contributed by atoms with Crippen LogP contribution in [0.4, 0.5) is 0 Å². The van der Waals surface area contributed by atoms with Crippen LogP contribution >= 0.6 is 0 Å². The first-order valence-corrected chi connectivity index (χ1v) is 8.35. The van der Waals surface area contributed by atoms with Crippen LogP contribution in [0.15, 0.2) is 59.7 Å². The predicted molar refractivity (Wildman–Crippen MR) is 96.1 cm³/mol. The van der Waals surface area contributed by atoms with Gasteiger partial charge >= 0.3 is 0 Å². The van der Waals surface area contributed by atoms with Crippen molar-refractivity contribution < 1.29 is 9.59 Å². The van der Waals surface area contributed by atoms with Gasteiger partial charge in [0.15, 0.2) is 5.78 Å². The number of hydrazone groups is 1. The molecule has 0 aliphatic carbocycles. The van der Waals surface area contributed by atoms with Gasteiger partial charge in [0.25, 0.3) is 5.91 Å². The van der Waals surface area contributed by atoms with Crippen molar-refractivity contribution in [2.24, 2.45) is 11.0 Å². The van der Waals surface area contributed by atoms with Crippen LogP contribution in [0, 0.1) is 5.92 Å². The van der Waals surface area contributed by atoms with Gasteiger partial charge in [-0.1, -0.05) is 47.7 Å². The zero-order valence-electron chi connectivity index (χ0n) is 14.2. The van der Waals surface area contributed by atoms with Gasteiger partial charge in [0.05, 0.1) is 17.8 Å². The molecule has 26 heavy (non-hydrogen) atoms. The molecule has 3 aromatic rings. The summed E-state index contributed by atoms with van der Waals surface area (Å²) in [6.07, 6.45) is 0. The number of hydrogen-bond acceptors (Lipinski definition) is 5. The maximum atomic E-state index is 12.8. The minimum atomic E-state index is -0.860. The zero-order valence-corrected chi connectivity index (χ0v) is 14.2. The fraction of sp³-hybridized carbons (Fsp3) is 0.211. The van der Waals surface area contributed by atoms with Crippen LogP contribution in [-0.4, -0.2) is 37.4 Å². The Labute approximate surface area is 149 Å². The molecular formula is C19H17N5O2. The molecule has 2 heterocycles. The van der Waals surface area contributed by atoms with Gasteiger partial charge < -0.3 is 0 Å². The lowest BCUT2D eigenvalue weighted by Gasteiger charge is -2.14. The van der Waals surface area contributed by atoms with E-state index in [-0.39, 0.29) is 18.2 Å². The Morgan fingerprint density at radius 2 is 1.81 bits per heavy atom. The van der Waals surface area contributed by atoms with Crippen LogP contribution in [-0.2, 0) is 22.7 Å². The van der Waals surface area contributed by atoms with Crippen LogP contribution in [0.1, 0.15) is 12.5 Å². The van der Waals surface area contributed by atoms with E-state index in [1.165, 1.54) is 9.69 Å². The number of carbonyl (C=O) groups is 2. The van der Waals surface area contributed by atoms with Gasteiger partial charge in [0.2, 0.25) is 0 Å². The summed E-state index contributed by atoms with van der Waals surface area (Å²) in [7, 11) is 0. The summed E-state index contributed by atoms with van der Waals surface area (Å²) < 4.78 is 1.53. The lowest BCUT2D eigenvalue weighted by molar-refractivity contribution is -0.137. The Balaban J connectivity index is 1.51. The number of para-hydroxylation sites is 1. The molecule has 7 heteroatoms. The van der Waals surface area contributed by atoms with Gasteiger partial charge in [0.1, 0.15) is 18.0 Å². The van der Waals surface area contributed by atoms with Gasteiger partial charge in [-0.25, -0.2) is 9.69 Å². The topological polar surface area (TPSA) is 80.5 Å². The molecule has 1 atom stereocenters. The molecule has 1 aliphatic heterocycles. The minimum Gasteiger partial charge on any atom is -0.296 e. The average molecular weight is 347 g/mol. The molecule has 130 valence electrons. The van der Waals surface area contributed by atoms with E-state index in [0.29, 0.717) is 17.8 Å². The first-order chi connectivity index (χ1) is 12.6. The van der Waals surface area contributed by atoms with Crippen molar-refractivity contribution in [1.29, 1.82) is 0 Å². The second-order valence-corrected chi connectivity index (χ2v) is 6.26. The summed E-state index contributed by atoms with van der Waals surface area (Å²) >= 11 is 0. The molecule has 2 aromatic carbocycles. The Kier molecular flexibility index (Phi) is 4.04. The molecule has 0 radical (unpaired) electrons. The van der Waals surface area contributed by atoms with E-state index in [4.69, 9.17) is 0 Å². The number of ketones is 1. The van der Waals surface area contributed by atoms with E-state index in [2.05, 4.69) is 15.4 Å². The summed E-state index contributed by atoms with van der Waals surface area (Å²) in [5.41, 5.74) is 2.96. The number of carbonyl (C=O) groups excluding carboxylic acids is 2. The number of Topliss-reactive ketones (excluding diaryl/α,β-unsaturated/α-hetero) is 1. The zero-order chi connectivity index (χ0) is 18.1. The summed E-state index contributed by atoms with van der Waals surface area (Å²) in [5, 5.41) is 13.7. The molecule has 0 spiro atoms. The molecule has 0 saturated carbocycles. The molecule has 7 nitrogen and oxygen atoms in total. The highest BCUT2D eigenvalue weighted by molar-refractivity contribution is 6.22. The molecule has 0 saturated heterocycles. The molecule has 0 fully saturated rings. The van der Waals surface area contributed by atoms with Crippen molar-refractivity contribution >= 4 is 28.4 Å². The van der Waals surface area contributed by atoms with E-state index in [1.807, 2.05) is 54.6 Å². The van der Waals surface area contributed by atoms with Gasteiger partial charge in [0, 0.05) is 0 Å². The van der Waals surface area contributed by atoms with Crippen molar-refractivity contribution in [3.05, 3.63) is 60.2 Å². The predicted octanol–water partition coefficient (Wildman–Crippen LogP) is 2.03. The molecule has 1 aliphatic rings. The minimum absolute atomic E-state index is 0.0110. The van der Waals surface area contributed by atoms with Crippen molar-refractivity contribution in [3.63, 3.8) is 0 Å². The fourth-order valence-corrected chi connectivity index (χ4v) is 3.14. The monoisotopic (exact) mass is 347 g/mol. The third-order valence-corrected chi connectivity index (χ3v) is 4.42. The number of rotatable bonds is 5. The Bertz CT molecular complexity index is 1010. The third-order valence-electron chi connectivity index (χ3n) is 4.42. The smallest absolute Gasteiger partial charge is 0.259 e. The van der Waals surface area contributed by atoms with Crippen LogP contribution in [0.5, 0.6) is 0 Å². The van der Waals surface area contributed by atoms with Crippen molar-refractivity contribution in [1.82, 2.24) is 20.0 Å². The lowest BCUT2D eigenvalue weighted by atomic mass is 9.99. The van der Waals surface area contributed by atoms with Crippen molar-refractivity contribution in [2.75, 3.05) is 0 Å². The van der Waals surface area contributed by atoms with E-state index in [1.54, 1.807) is 6.92 Å². The standard InChI is InChI=1S/C19H17N5O2/c1-13-18(19(26)24(21-13)11-14-7-3-2-4-8-14)17(25)12-23-16-10-6-5-9-15(16)20-22-23/h2-10,18H,11-12H2,1H3. The number of nitrogens with zero attached hydrogens (tertiary/aromatic N) is 5. The average Bonchev–Trinajstić information content (AvgIpc) is 3.17. The fourth-order valence-electron chi connectivity index (χ4n) is 3.14. The highest BCUT2D eigenvalue weighted by Gasteiger charge is 2.38. The summed E-state index contributed by atoms with van der Waals surface area (Å²) in [4.78, 5) is 25.5. The van der Waals surface area contributed by atoms with Crippen LogP contribution < -0.4 is 0 Å². The number of amides is 1. The molecule has 4 rings (SSSR count). The van der Waals surface area contributed by atoms with E-state index in [9.17, 15) is 9.59 Å². The number of aromatic nitrogens is 3. The van der Waals surface area contributed by atoms with Crippen molar-refractivity contribution in [2.45, 2.75) is 20.0 Å². The summed E-state index contributed by atoms with van der Waals surface area (Å²) in [6, 6.07) is 17.0. The molecule has 1 amide bonds. The first-order valence-electron chi connectivity index (χ1n) is 8.35. The number of fused-ring (bicyclic) bond motifs is 1. The third kappa shape index (κ3) is 2.88. The normalized spacial score (nSPS) is 17.0. The molecule has 0 N–H and O–H groups in total. The Morgan fingerprint density at radius 1 is 1.08 bits per heavy atom. The van der Waals surface area contributed by atoms with Gasteiger partial charge in [-0.2, -0.15) is 5.10 Å². The second-order valence-electron chi connectivity index (χ2n) is 6.26. The summed E-state index contributed by atoms with van der Waals surface area (Å²) in [6.45, 7) is 2.06. The highest BCUT2D eigenvalue weighted by atomic mass is 16.2. The van der Waals surface area contributed by atoms with Crippen molar-refractivity contribution in [3.8, 4) is 0 Å². The highest BCUT2D eigenvalue weighted by Crippen LogP contribution is 2.20. The van der Waals surface area contributed by atoms with Crippen LogP contribution in [0.3, 0.4) is 0 Å². The Hall–Kier alpha value is -3.35. The van der Waals surface area contributed by atoms with E-state index < -0.39 is 5.92 Å². The van der Waals surface area contributed by atoms with E-state index >= 15 is 0 Å². The van der Waals surface area contributed by atoms with Gasteiger partial charge in [-0.05, 0) is 24.6 Å². The Morgan fingerprint density at radius 3 is 2.62 bits per heavy atom. The SMILES string of the molecule is CC1=NN(Cc2ccccc2)C(=O)C1C(=O)Cn1nnc2ccccc21. The van der Waals surface area contributed by atoms with Gasteiger partial charge in [-0.15, -0.1) is 5.10 Å². The summed E-state index contributed by atoms with van der Waals surface area (Å²) in [5.74, 6) is -1.38. The largest absolute Gasteiger partial charge is 0.296 e. The van der Waals surface area contributed by atoms with Gasteiger partial charge in [-0.3, -0.25) is 9.59 Å². The van der Waals surface area contributed by atoms with Crippen LogP contribution in [0.25, 0.3) is 11.0 Å². The molecular weight excluding hydrogens is 330 g/mol. The first kappa shape index (κ1) is 16.1. The molecule has 1 aromatic heterocycles. The molecule has 1 unspecified atom stereocenters. The number of hydrogen-bond donors (Lipinski definition) is 0.